The zero-order valence-corrected chi connectivity index (χ0v) is 13.2. The zero-order chi connectivity index (χ0) is 14.4. The van der Waals surface area contributed by atoms with Gasteiger partial charge in [-0.15, -0.1) is 0 Å². The lowest BCUT2D eigenvalue weighted by Gasteiger charge is -2.18. The molecule has 0 heterocycles. The third-order valence-electron chi connectivity index (χ3n) is 2.40. The molecule has 0 unspecified atom stereocenters. The number of urea groups is 1. The van der Waals surface area contributed by atoms with Gasteiger partial charge >= 0.3 is 12.0 Å². The molecule has 1 aromatic rings. The summed E-state index contributed by atoms with van der Waals surface area (Å²) in [4.78, 5) is 23.7. The maximum atomic E-state index is 11.9. The molecule has 1 rings (SSSR count). The molecule has 0 aliphatic carbocycles. The van der Waals surface area contributed by atoms with Crippen LogP contribution in [0.3, 0.4) is 0 Å². The fourth-order valence-corrected chi connectivity index (χ4v) is 2.38. The lowest BCUT2D eigenvalue weighted by molar-refractivity contribution is -0.137. The van der Waals surface area contributed by atoms with Crippen molar-refractivity contribution in [2.45, 2.75) is 12.8 Å². The molecule has 0 saturated heterocycles. The number of rotatable bonds is 5. The first-order chi connectivity index (χ1) is 8.90. The summed E-state index contributed by atoms with van der Waals surface area (Å²) in [5, 5.41) is 11.9. The van der Waals surface area contributed by atoms with Gasteiger partial charge in [0.1, 0.15) is 0 Å². The quantitative estimate of drug-likeness (QED) is 0.751. The number of carboxylic acid groups (broad SMARTS) is 1. The number of nitrogens with one attached hydrogen (secondary N) is 1. The van der Waals surface area contributed by atoms with Crippen LogP contribution in [0.2, 0.25) is 5.02 Å². The molecule has 5 nitrogen and oxygen atoms in total. The first-order valence-electron chi connectivity index (χ1n) is 5.59. The standard InChI is InChI=1S/C12H14ClIN2O3/c1-16(6-2-3-11(17)18)12(19)15-10-5-4-8(13)7-9(10)14/h4-5,7H,2-3,6H2,1H3,(H,15,19)(H,17,18). The molecule has 2 amide bonds. The van der Waals surface area contributed by atoms with Crippen molar-refractivity contribution >= 4 is 51.9 Å². The van der Waals surface area contributed by atoms with Gasteiger partial charge in [0, 0.05) is 28.6 Å². The fraction of sp³-hybridized carbons (Fsp3) is 0.333. The van der Waals surface area contributed by atoms with Crippen molar-refractivity contribution in [1.82, 2.24) is 4.90 Å². The number of nitrogens with zero attached hydrogens (tertiary/aromatic N) is 1. The average molecular weight is 397 g/mol. The summed E-state index contributed by atoms with van der Waals surface area (Å²) in [6.07, 6.45) is 0.479. The van der Waals surface area contributed by atoms with Gasteiger partial charge in [0.15, 0.2) is 0 Å². The second kappa shape index (κ2) is 7.54. The van der Waals surface area contributed by atoms with Gasteiger partial charge in [0.2, 0.25) is 0 Å². The summed E-state index contributed by atoms with van der Waals surface area (Å²) in [6, 6.07) is 4.91. The fourth-order valence-electron chi connectivity index (χ4n) is 1.37. The van der Waals surface area contributed by atoms with Crippen molar-refractivity contribution in [3.05, 3.63) is 26.8 Å². The van der Waals surface area contributed by atoms with Gasteiger partial charge in [0.05, 0.1) is 5.69 Å². The van der Waals surface area contributed by atoms with Crippen LogP contribution in [0.5, 0.6) is 0 Å². The minimum atomic E-state index is -0.860. The molecule has 2 N–H and O–H groups in total. The molecular formula is C12H14ClIN2O3. The molecule has 104 valence electrons. The van der Waals surface area contributed by atoms with Crippen molar-refractivity contribution < 1.29 is 14.7 Å². The van der Waals surface area contributed by atoms with E-state index in [1.165, 1.54) is 4.90 Å². The Kier molecular flexibility index (Phi) is 6.36. The molecule has 0 aromatic heterocycles. The van der Waals surface area contributed by atoms with Crippen LogP contribution in [-0.2, 0) is 4.79 Å². The van der Waals surface area contributed by atoms with Gasteiger partial charge in [-0.25, -0.2) is 4.79 Å². The van der Waals surface area contributed by atoms with Crippen LogP contribution in [0.1, 0.15) is 12.8 Å². The monoisotopic (exact) mass is 396 g/mol. The molecule has 0 aliphatic rings. The van der Waals surface area contributed by atoms with Crippen LogP contribution < -0.4 is 5.32 Å². The lowest BCUT2D eigenvalue weighted by atomic mass is 10.3. The Hall–Kier alpha value is -1.02. The highest BCUT2D eigenvalue weighted by Gasteiger charge is 2.11. The van der Waals surface area contributed by atoms with Crippen molar-refractivity contribution in [2.24, 2.45) is 0 Å². The van der Waals surface area contributed by atoms with Crippen LogP contribution in [0.25, 0.3) is 0 Å². The summed E-state index contributed by atoms with van der Waals surface area (Å²) < 4.78 is 0.845. The summed E-state index contributed by atoms with van der Waals surface area (Å²) in [7, 11) is 1.62. The number of carboxylic acids is 1. The predicted molar refractivity (Wildman–Crippen MR) is 82.7 cm³/mol. The highest BCUT2D eigenvalue weighted by Crippen LogP contribution is 2.22. The maximum absolute atomic E-state index is 11.9. The van der Waals surface area contributed by atoms with E-state index in [1.54, 1.807) is 25.2 Å². The molecule has 7 heteroatoms. The van der Waals surface area contributed by atoms with E-state index in [1.807, 2.05) is 0 Å². The van der Waals surface area contributed by atoms with Crippen molar-refractivity contribution in [3.63, 3.8) is 0 Å². The Morgan fingerprint density at radius 1 is 1.47 bits per heavy atom. The normalized spacial score (nSPS) is 10.1. The molecular weight excluding hydrogens is 382 g/mol. The predicted octanol–water partition coefficient (Wildman–Crippen LogP) is 3.27. The number of benzene rings is 1. The van der Waals surface area contributed by atoms with Gasteiger partial charge in [-0.1, -0.05) is 11.6 Å². The Balaban J connectivity index is 2.51. The summed E-state index contributed by atoms with van der Waals surface area (Å²) >= 11 is 7.92. The molecule has 0 bridgehead atoms. The van der Waals surface area contributed by atoms with E-state index < -0.39 is 5.97 Å². The van der Waals surface area contributed by atoms with Crippen LogP contribution in [0, 0.1) is 3.57 Å². The van der Waals surface area contributed by atoms with Crippen LogP contribution in [0.15, 0.2) is 18.2 Å². The Bertz CT molecular complexity index is 482. The highest BCUT2D eigenvalue weighted by atomic mass is 127. The van der Waals surface area contributed by atoms with E-state index in [4.69, 9.17) is 16.7 Å². The second-order valence-electron chi connectivity index (χ2n) is 3.97. The number of carbonyl (C=O) groups is 2. The van der Waals surface area contributed by atoms with E-state index >= 15 is 0 Å². The molecule has 0 aliphatic heterocycles. The van der Waals surface area contributed by atoms with E-state index in [2.05, 4.69) is 27.9 Å². The van der Waals surface area contributed by atoms with Gasteiger partial charge in [-0.3, -0.25) is 4.79 Å². The number of anilines is 1. The number of halogens is 2. The van der Waals surface area contributed by atoms with Gasteiger partial charge in [0.25, 0.3) is 0 Å². The summed E-state index contributed by atoms with van der Waals surface area (Å²) in [5.74, 6) is -0.860. The van der Waals surface area contributed by atoms with Gasteiger partial charge < -0.3 is 15.3 Å². The number of aliphatic carboxylic acids is 1. The third kappa shape index (κ3) is 5.65. The topological polar surface area (TPSA) is 69.6 Å². The smallest absolute Gasteiger partial charge is 0.321 e. The summed E-state index contributed by atoms with van der Waals surface area (Å²) in [6.45, 7) is 0.391. The molecule has 0 fully saturated rings. The Labute approximate surface area is 130 Å². The second-order valence-corrected chi connectivity index (χ2v) is 5.57. The van der Waals surface area contributed by atoms with Gasteiger partial charge in [-0.05, 0) is 47.2 Å². The minimum Gasteiger partial charge on any atom is -0.481 e. The SMILES string of the molecule is CN(CCCC(=O)O)C(=O)Nc1ccc(Cl)cc1I. The minimum absolute atomic E-state index is 0.0517. The molecule has 0 saturated carbocycles. The van der Waals surface area contributed by atoms with Crippen LogP contribution in [-0.4, -0.2) is 35.6 Å². The van der Waals surface area contributed by atoms with E-state index in [9.17, 15) is 9.59 Å². The Morgan fingerprint density at radius 3 is 2.74 bits per heavy atom. The molecule has 1 aromatic carbocycles. The van der Waals surface area contributed by atoms with Crippen molar-refractivity contribution in [3.8, 4) is 0 Å². The number of amides is 2. The first-order valence-corrected chi connectivity index (χ1v) is 7.05. The number of hydrogen-bond donors (Lipinski definition) is 2. The lowest BCUT2D eigenvalue weighted by Crippen LogP contribution is -2.32. The maximum Gasteiger partial charge on any atom is 0.321 e. The van der Waals surface area contributed by atoms with E-state index in [-0.39, 0.29) is 12.5 Å². The first kappa shape index (κ1) is 16.0. The Morgan fingerprint density at radius 2 is 2.16 bits per heavy atom. The highest BCUT2D eigenvalue weighted by molar-refractivity contribution is 14.1. The average Bonchev–Trinajstić information content (AvgIpc) is 2.32. The number of carbonyl (C=O) groups excluding carboxylic acids is 1. The van der Waals surface area contributed by atoms with Crippen molar-refractivity contribution in [1.29, 1.82) is 0 Å². The zero-order valence-electron chi connectivity index (χ0n) is 10.3. The molecule has 0 spiro atoms. The number of hydrogen-bond acceptors (Lipinski definition) is 2. The van der Waals surface area contributed by atoms with Crippen LogP contribution >= 0.6 is 34.2 Å². The third-order valence-corrected chi connectivity index (χ3v) is 3.53. The largest absolute Gasteiger partial charge is 0.481 e. The summed E-state index contributed by atoms with van der Waals surface area (Å²) in [5.41, 5.74) is 0.681. The van der Waals surface area contributed by atoms with E-state index in [0.29, 0.717) is 23.7 Å². The van der Waals surface area contributed by atoms with E-state index in [0.717, 1.165) is 3.57 Å². The molecule has 0 atom stereocenters. The van der Waals surface area contributed by atoms with Crippen molar-refractivity contribution in [2.75, 3.05) is 18.9 Å². The van der Waals surface area contributed by atoms with Crippen LogP contribution in [0.4, 0.5) is 10.5 Å². The molecule has 19 heavy (non-hydrogen) atoms. The molecule has 0 radical (unpaired) electrons. The van der Waals surface area contributed by atoms with Gasteiger partial charge in [-0.2, -0.15) is 0 Å².